The molecule has 3 N–H and O–H groups in total. The molecule has 7 heteroatoms. The highest BCUT2D eigenvalue weighted by atomic mass is 28.3. The zero-order valence-corrected chi connectivity index (χ0v) is 11.0. The van der Waals surface area contributed by atoms with Crippen molar-refractivity contribution in [2.45, 2.75) is 13.0 Å². The summed E-state index contributed by atoms with van der Waals surface area (Å²) in [5, 5.41) is 0. The van der Waals surface area contributed by atoms with Crippen molar-refractivity contribution in [3.63, 3.8) is 0 Å². The molecule has 2 unspecified atom stereocenters. The van der Waals surface area contributed by atoms with Gasteiger partial charge in [0, 0.05) is 39.8 Å². The van der Waals surface area contributed by atoms with E-state index in [9.17, 15) is 0 Å². The van der Waals surface area contributed by atoms with Crippen molar-refractivity contribution >= 4 is 9.53 Å². The maximum absolute atomic E-state index is 5.58. The van der Waals surface area contributed by atoms with Crippen LogP contribution in [0.3, 0.4) is 0 Å². The van der Waals surface area contributed by atoms with Gasteiger partial charge in [0.2, 0.25) is 0 Å². The molecule has 6 nitrogen and oxygen atoms in total. The highest BCUT2D eigenvalue weighted by Crippen LogP contribution is 2.04. The number of nitrogens with two attached hydrogens (primary N) is 1. The Balaban J connectivity index is 0.000000265. The molecule has 0 aromatic heterocycles. The fourth-order valence-corrected chi connectivity index (χ4v) is 1.59. The Bertz CT molecular complexity index is 135. The van der Waals surface area contributed by atoms with Crippen LogP contribution in [0, 0.1) is 5.92 Å². The van der Waals surface area contributed by atoms with Gasteiger partial charge in [0.25, 0.3) is 0 Å². The van der Waals surface area contributed by atoms with Crippen LogP contribution in [0.1, 0.15) is 6.92 Å². The molecule has 0 saturated carbocycles. The van der Waals surface area contributed by atoms with Crippen LogP contribution in [0.2, 0.25) is 0 Å². The van der Waals surface area contributed by atoms with E-state index in [1.54, 1.807) is 21.3 Å². The summed E-state index contributed by atoms with van der Waals surface area (Å²) in [7, 11) is 3.05. The maximum atomic E-state index is 5.58. The first-order valence-electron chi connectivity index (χ1n) is 4.84. The largest absolute Gasteiger partial charge is 0.483 e. The average molecular weight is 238 g/mol. The van der Waals surface area contributed by atoms with Gasteiger partial charge in [-0.25, -0.2) is 5.48 Å². The van der Waals surface area contributed by atoms with Crippen LogP contribution in [0.4, 0.5) is 0 Å². The van der Waals surface area contributed by atoms with Crippen molar-refractivity contribution < 1.29 is 18.1 Å². The molecule has 1 saturated heterocycles. The minimum atomic E-state index is -1.67. The monoisotopic (exact) mass is 238 g/mol. The summed E-state index contributed by atoms with van der Waals surface area (Å²) >= 11 is 0. The molecular weight excluding hydrogens is 216 g/mol. The first-order valence-corrected chi connectivity index (χ1v) is 6.25. The average Bonchev–Trinajstić information content (AvgIpc) is 2.74. The second-order valence-electron chi connectivity index (χ2n) is 3.27. The molecule has 15 heavy (non-hydrogen) atoms. The lowest BCUT2D eigenvalue weighted by molar-refractivity contribution is 0.0958. The van der Waals surface area contributed by atoms with E-state index in [0.717, 1.165) is 13.2 Å². The van der Waals surface area contributed by atoms with Gasteiger partial charge < -0.3 is 23.8 Å². The summed E-state index contributed by atoms with van der Waals surface area (Å²) in [4.78, 5) is 4.89. The number of rotatable bonds is 4. The minimum absolute atomic E-state index is 0.255. The maximum Gasteiger partial charge on any atom is 0.483 e. The number of nitrogens with one attached hydrogen (secondary N) is 1. The van der Waals surface area contributed by atoms with Gasteiger partial charge in [-0.1, -0.05) is 0 Å². The molecular formula is C8H22N2O4Si. The standard InChI is InChI=1S/C5H12N2O.C3H10O3Si/c1-4(6)5-2-7-8-3-5;1-4-7(5-2)6-3/h4-5,7H,2-3,6H2,1H3;7H,1-3H3. The Hall–Kier alpha value is -0.0231. The van der Waals surface area contributed by atoms with E-state index in [2.05, 4.69) is 5.48 Å². The van der Waals surface area contributed by atoms with Crippen LogP contribution in [-0.2, 0) is 18.1 Å². The van der Waals surface area contributed by atoms with E-state index < -0.39 is 9.53 Å². The number of hydrogen-bond acceptors (Lipinski definition) is 6. The smallest absolute Gasteiger partial charge is 0.379 e. The van der Waals surface area contributed by atoms with Crippen LogP contribution in [0.15, 0.2) is 0 Å². The highest BCUT2D eigenvalue weighted by molar-refractivity contribution is 6.36. The molecule has 2 atom stereocenters. The summed E-state index contributed by atoms with van der Waals surface area (Å²) in [5.41, 5.74) is 8.35. The van der Waals surface area contributed by atoms with Crippen LogP contribution >= 0.6 is 0 Å². The summed E-state index contributed by atoms with van der Waals surface area (Å²) in [6.45, 7) is 3.66. The molecule has 0 aliphatic carbocycles. The molecule has 0 amide bonds. The fraction of sp³-hybridized carbons (Fsp3) is 1.00. The Morgan fingerprint density at radius 1 is 1.33 bits per heavy atom. The molecule has 92 valence electrons. The molecule has 0 bridgehead atoms. The van der Waals surface area contributed by atoms with Crippen LogP contribution in [-0.4, -0.2) is 50.1 Å². The predicted octanol–water partition coefficient (Wildman–Crippen LogP) is -0.873. The van der Waals surface area contributed by atoms with Crippen molar-refractivity contribution in [3.8, 4) is 0 Å². The topological polar surface area (TPSA) is 75.0 Å². The number of hydrogen-bond donors (Lipinski definition) is 2. The molecule has 0 radical (unpaired) electrons. The third-order valence-corrected chi connectivity index (χ3v) is 3.22. The van der Waals surface area contributed by atoms with Gasteiger partial charge in [-0.3, -0.25) is 0 Å². The van der Waals surface area contributed by atoms with Crippen LogP contribution < -0.4 is 11.2 Å². The molecule has 1 fully saturated rings. The van der Waals surface area contributed by atoms with Gasteiger partial charge in [0.1, 0.15) is 0 Å². The molecule has 0 spiro atoms. The van der Waals surface area contributed by atoms with E-state index in [0.29, 0.717) is 5.92 Å². The molecule has 1 heterocycles. The van der Waals surface area contributed by atoms with Gasteiger partial charge in [-0.05, 0) is 6.92 Å². The Kier molecular flexibility index (Phi) is 9.21. The van der Waals surface area contributed by atoms with Crippen molar-refractivity contribution in [2.75, 3.05) is 34.5 Å². The quantitative estimate of drug-likeness (QED) is 0.620. The number of hydroxylamine groups is 1. The molecule has 1 aliphatic rings. The first-order chi connectivity index (χ1) is 7.15. The van der Waals surface area contributed by atoms with E-state index in [1.165, 1.54) is 0 Å². The first kappa shape index (κ1) is 15.0. The van der Waals surface area contributed by atoms with Crippen molar-refractivity contribution in [2.24, 2.45) is 11.7 Å². The van der Waals surface area contributed by atoms with Gasteiger partial charge in [0.15, 0.2) is 0 Å². The molecule has 1 aliphatic heterocycles. The lowest BCUT2D eigenvalue weighted by atomic mass is 10.1. The summed E-state index contributed by atoms with van der Waals surface area (Å²) in [6.07, 6.45) is 0. The second kappa shape index (κ2) is 9.22. The van der Waals surface area contributed by atoms with Crippen molar-refractivity contribution in [1.82, 2.24) is 5.48 Å². The summed E-state index contributed by atoms with van der Waals surface area (Å²) in [5.74, 6) is 0.509. The zero-order chi connectivity index (χ0) is 11.7. The fourth-order valence-electron chi connectivity index (χ4n) is 1.02. The Morgan fingerprint density at radius 3 is 2.00 bits per heavy atom. The highest BCUT2D eigenvalue weighted by Gasteiger charge is 2.18. The van der Waals surface area contributed by atoms with E-state index in [4.69, 9.17) is 23.8 Å². The minimum Gasteiger partial charge on any atom is -0.379 e. The molecule has 0 aromatic carbocycles. The molecule has 1 rings (SSSR count). The SMILES string of the molecule is CC(N)C1CNOC1.CO[SiH](OC)OC. The third kappa shape index (κ3) is 6.96. The predicted molar refractivity (Wildman–Crippen MR) is 59.3 cm³/mol. The van der Waals surface area contributed by atoms with Gasteiger partial charge in [-0.15, -0.1) is 0 Å². The lowest BCUT2D eigenvalue weighted by Crippen LogP contribution is -2.29. The Labute approximate surface area is 92.9 Å². The second-order valence-corrected chi connectivity index (χ2v) is 5.27. The lowest BCUT2D eigenvalue weighted by Gasteiger charge is -2.08. The van der Waals surface area contributed by atoms with Crippen molar-refractivity contribution in [1.29, 1.82) is 0 Å². The van der Waals surface area contributed by atoms with Gasteiger partial charge >= 0.3 is 9.53 Å². The molecule has 0 aromatic rings. The van der Waals surface area contributed by atoms with Crippen molar-refractivity contribution in [3.05, 3.63) is 0 Å². The summed E-state index contributed by atoms with van der Waals surface area (Å²) < 4.78 is 14.2. The zero-order valence-electron chi connectivity index (χ0n) is 9.86. The van der Waals surface area contributed by atoms with Crippen LogP contribution in [0.25, 0.3) is 0 Å². The van der Waals surface area contributed by atoms with Gasteiger partial charge in [-0.2, -0.15) is 0 Å². The summed E-state index contributed by atoms with van der Waals surface area (Å²) in [6, 6.07) is 0.255. The van der Waals surface area contributed by atoms with Crippen LogP contribution in [0.5, 0.6) is 0 Å². The van der Waals surface area contributed by atoms with E-state index in [1.807, 2.05) is 6.92 Å². The normalized spacial score (nSPS) is 22.4. The van der Waals surface area contributed by atoms with E-state index in [-0.39, 0.29) is 6.04 Å². The third-order valence-electron chi connectivity index (χ3n) is 2.07. The van der Waals surface area contributed by atoms with Gasteiger partial charge in [0.05, 0.1) is 6.61 Å². The van der Waals surface area contributed by atoms with E-state index >= 15 is 0 Å². The Morgan fingerprint density at radius 2 is 1.87 bits per heavy atom.